The number of nitrogens with zero attached hydrogens (tertiary/aromatic N) is 2. The zero-order valence-corrected chi connectivity index (χ0v) is 14.3. The molecule has 1 aromatic rings. The summed E-state index contributed by atoms with van der Waals surface area (Å²) in [5, 5.41) is 8.92. The van der Waals surface area contributed by atoms with Gasteiger partial charge in [0.25, 0.3) is 0 Å². The number of amides is 2. The maximum atomic E-state index is 13.0. The minimum atomic E-state index is -0.511. The molecule has 0 radical (unpaired) electrons. The third kappa shape index (κ3) is 3.23. The van der Waals surface area contributed by atoms with Crippen LogP contribution in [0.5, 0.6) is 0 Å². The van der Waals surface area contributed by atoms with Crippen LogP contribution < -0.4 is 0 Å². The summed E-state index contributed by atoms with van der Waals surface area (Å²) >= 11 is 0. The van der Waals surface area contributed by atoms with Crippen LogP contribution in [0, 0.1) is 5.41 Å². The average Bonchev–Trinajstić information content (AvgIpc) is 2.79. The van der Waals surface area contributed by atoms with Crippen molar-refractivity contribution in [2.45, 2.75) is 32.1 Å². The van der Waals surface area contributed by atoms with Crippen LogP contribution in [0.25, 0.3) is 0 Å². The Balaban J connectivity index is 1.64. The molecule has 5 heteroatoms. The van der Waals surface area contributed by atoms with E-state index < -0.39 is 5.41 Å². The van der Waals surface area contributed by atoms with Crippen molar-refractivity contribution in [1.29, 1.82) is 0 Å². The van der Waals surface area contributed by atoms with Crippen LogP contribution in [0.4, 0.5) is 0 Å². The fourth-order valence-corrected chi connectivity index (χ4v) is 4.00. The van der Waals surface area contributed by atoms with Gasteiger partial charge in [-0.2, -0.15) is 0 Å². The number of benzene rings is 1. The SMILES string of the molecule is CN(CCO)CCCN1C(=O)CC2(CCc3ccccc3C2)C1=O. The molecular weight excluding hydrogens is 304 g/mol. The first-order valence-corrected chi connectivity index (χ1v) is 8.77. The lowest BCUT2D eigenvalue weighted by Gasteiger charge is -2.32. The van der Waals surface area contributed by atoms with E-state index in [2.05, 4.69) is 12.1 Å². The van der Waals surface area contributed by atoms with Crippen molar-refractivity contribution in [3.8, 4) is 0 Å². The molecular formula is C19H26N2O3. The van der Waals surface area contributed by atoms with E-state index in [0.717, 1.165) is 25.8 Å². The number of likely N-dealkylation sites (N-methyl/N-ethyl adjacent to an activating group) is 1. The minimum Gasteiger partial charge on any atom is -0.395 e. The Morgan fingerprint density at radius 1 is 1.17 bits per heavy atom. The number of aryl methyl sites for hydroxylation is 1. The monoisotopic (exact) mass is 330 g/mol. The molecule has 1 aliphatic heterocycles. The predicted octanol–water partition coefficient (Wildman–Crippen LogP) is 1.23. The van der Waals surface area contributed by atoms with Gasteiger partial charge in [0.15, 0.2) is 0 Å². The molecule has 2 amide bonds. The summed E-state index contributed by atoms with van der Waals surface area (Å²) in [5.74, 6) is -0.00370. The maximum Gasteiger partial charge on any atom is 0.236 e. The second-order valence-electron chi connectivity index (χ2n) is 7.13. The first kappa shape index (κ1) is 17.1. The van der Waals surface area contributed by atoms with Gasteiger partial charge in [-0.15, -0.1) is 0 Å². The molecule has 1 aromatic carbocycles. The molecule has 1 fully saturated rings. The normalized spacial score (nSPS) is 23.4. The minimum absolute atomic E-state index is 0.0202. The molecule has 1 aliphatic carbocycles. The van der Waals surface area contributed by atoms with E-state index in [9.17, 15) is 9.59 Å². The Morgan fingerprint density at radius 3 is 2.67 bits per heavy atom. The van der Waals surface area contributed by atoms with E-state index in [4.69, 9.17) is 5.11 Å². The highest BCUT2D eigenvalue weighted by atomic mass is 16.3. The lowest BCUT2D eigenvalue weighted by molar-refractivity contribution is -0.141. The van der Waals surface area contributed by atoms with Crippen LogP contribution in [0.15, 0.2) is 24.3 Å². The third-order valence-electron chi connectivity index (χ3n) is 5.41. The number of carbonyl (C=O) groups excluding carboxylic acids is 2. The zero-order valence-electron chi connectivity index (χ0n) is 14.3. The number of hydrogen-bond acceptors (Lipinski definition) is 4. The lowest BCUT2D eigenvalue weighted by atomic mass is 9.70. The molecule has 24 heavy (non-hydrogen) atoms. The number of carbonyl (C=O) groups is 2. The van der Waals surface area contributed by atoms with Gasteiger partial charge in [-0.1, -0.05) is 24.3 Å². The van der Waals surface area contributed by atoms with Crippen LogP contribution in [0.1, 0.15) is 30.4 Å². The van der Waals surface area contributed by atoms with Crippen LogP contribution in [0.2, 0.25) is 0 Å². The Labute approximate surface area is 143 Å². The van der Waals surface area contributed by atoms with E-state index in [0.29, 0.717) is 25.9 Å². The van der Waals surface area contributed by atoms with Gasteiger partial charge in [-0.25, -0.2) is 0 Å². The number of rotatable bonds is 6. The van der Waals surface area contributed by atoms with Crippen LogP contribution >= 0.6 is 0 Å². The van der Waals surface area contributed by atoms with Crippen molar-refractivity contribution < 1.29 is 14.7 Å². The Hall–Kier alpha value is -1.72. The molecule has 1 heterocycles. The van der Waals surface area contributed by atoms with Gasteiger partial charge in [0, 0.05) is 19.5 Å². The Bertz CT molecular complexity index is 631. The van der Waals surface area contributed by atoms with Gasteiger partial charge in [0.2, 0.25) is 11.8 Å². The van der Waals surface area contributed by atoms with Crippen molar-refractivity contribution in [3.05, 3.63) is 35.4 Å². The summed E-state index contributed by atoms with van der Waals surface area (Å²) in [4.78, 5) is 28.9. The average molecular weight is 330 g/mol. The van der Waals surface area contributed by atoms with E-state index in [1.807, 2.05) is 24.1 Å². The Kier molecular flexibility index (Phi) is 5.01. The molecule has 0 aromatic heterocycles. The quantitative estimate of drug-likeness (QED) is 0.797. The van der Waals surface area contributed by atoms with Crippen molar-refractivity contribution in [3.63, 3.8) is 0 Å². The fourth-order valence-electron chi connectivity index (χ4n) is 4.00. The smallest absolute Gasteiger partial charge is 0.236 e. The number of likely N-dealkylation sites (tertiary alicyclic amines) is 1. The summed E-state index contributed by atoms with van der Waals surface area (Å²) in [6, 6.07) is 8.25. The van der Waals surface area contributed by atoms with Gasteiger partial charge >= 0.3 is 0 Å². The van der Waals surface area contributed by atoms with Crippen molar-refractivity contribution in [2.75, 3.05) is 33.3 Å². The van der Waals surface area contributed by atoms with E-state index in [1.54, 1.807) is 0 Å². The maximum absolute atomic E-state index is 13.0. The summed E-state index contributed by atoms with van der Waals surface area (Å²) in [6.07, 6.45) is 3.44. The van der Waals surface area contributed by atoms with Gasteiger partial charge in [-0.3, -0.25) is 14.5 Å². The molecule has 1 N–H and O–H groups in total. The molecule has 3 rings (SSSR count). The molecule has 130 valence electrons. The summed E-state index contributed by atoms with van der Waals surface area (Å²) < 4.78 is 0. The van der Waals surface area contributed by atoms with Gasteiger partial charge in [0.05, 0.1) is 12.0 Å². The number of hydrogen-bond donors (Lipinski definition) is 1. The number of imide groups is 1. The van der Waals surface area contributed by atoms with Crippen LogP contribution in [-0.4, -0.2) is 60.0 Å². The summed E-state index contributed by atoms with van der Waals surface area (Å²) in [7, 11) is 1.93. The van der Waals surface area contributed by atoms with E-state index >= 15 is 0 Å². The lowest BCUT2D eigenvalue weighted by Crippen LogP contribution is -2.40. The molecule has 0 bridgehead atoms. The number of aliphatic hydroxyl groups excluding tert-OH is 1. The standard InChI is InChI=1S/C19H26N2O3/c1-20(11-12-22)9-4-10-21-17(23)14-19(18(21)24)8-7-15-5-2-3-6-16(15)13-19/h2-3,5-6,22H,4,7-14H2,1H3. The molecule has 1 atom stereocenters. The molecule has 0 saturated carbocycles. The molecule has 5 nitrogen and oxygen atoms in total. The molecule has 1 unspecified atom stereocenters. The van der Waals surface area contributed by atoms with Gasteiger partial charge < -0.3 is 10.0 Å². The second kappa shape index (κ2) is 7.03. The molecule has 2 aliphatic rings. The third-order valence-corrected chi connectivity index (χ3v) is 5.41. The van der Waals surface area contributed by atoms with Gasteiger partial charge in [0.1, 0.15) is 0 Å². The van der Waals surface area contributed by atoms with Crippen LogP contribution in [-0.2, 0) is 22.4 Å². The van der Waals surface area contributed by atoms with Crippen LogP contribution in [0.3, 0.4) is 0 Å². The van der Waals surface area contributed by atoms with Crippen molar-refractivity contribution >= 4 is 11.8 Å². The van der Waals surface area contributed by atoms with Crippen molar-refractivity contribution in [2.24, 2.45) is 5.41 Å². The fraction of sp³-hybridized carbons (Fsp3) is 0.579. The van der Waals surface area contributed by atoms with Crippen molar-refractivity contribution in [1.82, 2.24) is 9.80 Å². The van der Waals surface area contributed by atoms with E-state index in [-0.39, 0.29) is 18.4 Å². The highest BCUT2D eigenvalue weighted by molar-refractivity contribution is 6.06. The summed E-state index contributed by atoms with van der Waals surface area (Å²) in [5.41, 5.74) is 2.02. The first-order chi connectivity index (χ1) is 11.6. The number of fused-ring (bicyclic) bond motifs is 1. The number of aliphatic hydroxyl groups is 1. The first-order valence-electron chi connectivity index (χ1n) is 8.77. The molecule has 1 spiro atoms. The largest absolute Gasteiger partial charge is 0.395 e. The predicted molar refractivity (Wildman–Crippen MR) is 91.4 cm³/mol. The van der Waals surface area contributed by atoms with Gasteiger partial charge in [-0.05, 0) is 50.4 Å². The highest BCUT2D eigenvalue weighted by Gasteiger charge is 2.52. The highest BCUT2D eigenvalue weighted by Crippen LogP contribution is 2.44. The van der Waals surface area contributed by atoms with E-state index in [1.165, 1.54) is 16.0 Å². The zero-order chi connectivity index (χ0) is 17.2. The summed E-state index contributed by atoms with van der Waals surface area (Å²) in [6.45, 7) is 1.99. The Morgan fingerprint density at radius 2 is 1.92 bits per heavy atom. The second-order valence-corrected chi connectivity index (χ2v) is 7.13. The topological polar surface area (TPSA) is 60.9 Å². The molecule has 1 saturated heterocycles.